The molecule has 118 valence electrons. The molecule has 0 spiro atoms. The molecule has 5 nitrogen and oxygen atoms in total. The van der Waals surface area contributed by atoms with Gasteiger partial charge in [0, 0.05) is 5.02 Å². The molecule has 0 aliphatic carbocycles. The van der Waals surface area contributed by atoms with E-state index in [0.29, 0.717) is 16.5 Å². The second kappa shape index (κ2) is 7.33. The van der Waals surface area contributed by atoms with Crippen LogP contribution in [0.4, 0.5) is 5.69 Å². The molecule has 0 fully saturated rings. The van der Waals surface area contributed by atoms with E-state index >= 15 is 0 Å². The summed E-state index contributed by atoms with van der Waals surface area (Å²) in [4.78, 5) is 12.3. The summed E-state index contributed by atoms with van der Waals surface area (Å²) in [5, 5.41) is 5.32. The first-order valence-corrected chi connectivity index (χ1v) is 7.42. The van der Waals surface area contributed by atoms with Crippen LogP contribution in [0.5, 0.6) is 5.75 Å². The van der Waals surface area contributed by atoms with Crippen molar-refractivity contribution >= 4 is 23.2 Å². The monoisotopic (exact) mass is 323 g/mol. The summed E-state index contributed by atoms with van der Waals surface area (Å²) in [5.41, 5.74) is 0.561. The zero-order valence-corrected chi connectivity index (χ0v) is 13.6. The molecule has 2 aromatic rings. The predicted molar refractivity (Wildman–Crippen MR) is 85.1 cm³/mol. The van der Waals surface area contributed by atoms with Crippen molar-refractivity contribution in [1.29, 1.82) is 0 Å². The number of nitrogens with two attached hydrogens (primary N) is 1. The molecular formula is C16H20ClN2O3+. The van der Waals surface area contributed by atoms with Crippen molar-refractivity contribution < 1.29 is 19.3 Å². The fourth-order valence-corrected chi connectivity index (χ4v) is 2.36. The number of anilines is 1. The average Bonchev–Trinajstić information content (AvgIpc) is 3.01. The lowest BCUT2D eigenvalue weighted by Gasteiger charge is -2.16. The van der Waals surface area contributed by atoms with Gasteiger partial charge >= 0.3 is 0 Å². The van der Waals surface area contributed by atoms with Crippen molar-refractivity contribution in [2.75, 3.05) is 12.4 Å². The SMILES string of the molecule is COc1ccc(Cl)cc1NC(=O)[C@@H](C)[NH2+][C@@H](C)c1ccco1. The average molecular weight is 324 g/mol. The molecule has 0 aliphatic heterocycles. The molecule has 1 heterocycles. The van der Waals surface area contributed by atoms with Gasteiger partial charge in [-0.3, -0.25) is 4.79 Å². The van der Waals surface area contributed by atoms with Gasteiger partial charge in [0.1, 0.15) is 11.8 Å². The number of rotatable bonds is 6. The molecule has 0 saturated carbocycles. The van der Waals surface area contributed by atoms with Crippen LogP contribution in [0.15, 0.2) is 41.0 Å². The molecule has 22 heavy (non-hydrogen) atoms. The van der Waals surface area contributed by atoms with Crippen molar-refractivity contribution in [1.82, 2.24) is 0 Å². The molecule has 1 aromatic carbocycles. The number of furan rings is 1. The van der Waals surface area contributed by atoms with Gasteiger partial charge in [0.2, 0.25) is 0 Å². The fraction of sp³-hybridized carbons (Fsp3) is 0.312. The van der Waals surface area contributed by atoms with Crippen LogP contribution in [0.1, 0.15) is 25.6 Å². The van der Waals surface area contributed by atoms with Crippen LogP contribution in [-0.4, -0.2) is 19.1 Å². The van der Waals surface area contributed by atoms with Gasteiger partial charge in [0.15, 0.2) is 11.8 Å². The standard InChI is InChI=1S/C16H19ClN2O3/c1-10(14-5-4-8-22-14)18-11(2)16(20)19-13-9-12(17)6-7-15(13)21-3/h4-11,18H,1-3H3,(H,19,20)/p+1/t10-,11+/m0/s1. The number of quaternary nitrogens is 1. The van der Waals surface area contributed by atoms with E-state index in [2.05, 4.69) is 5.32 Å². The third-order valence-corrected chi connectivity index (χ3v) is 3.64. The van der Waals surface area contributed by atoms with Crippen LogP contribution in [0, 0.1) is 0 Å². The maximum Gasteiger partial charge on any atom is 0.282 e. The van der Waals surface area contributed by atoms with Crippen molar-refractivity contribution in [3.05, 3.63) is 47.4 Å². The van der Waals surface area contributed by atoms with Gasteiger partial charge in [-0.15, -0.1) is 0 Å². The van der Waals surface area contributed by atoms with E-state index in [0.717, 1.165) is 5.76 Å². The highest BCUT2D eigenvalue weighted by Crippen LogP contribution is 2.27. The van der Waals surface area contributed by atoms with Gasteiger partial charge in [-0.05, 0) is 44.2 Å². The lowest BCUT2D eigenvalue weighted by Crippen LogP contribution is -2.91. The summed E-state index contributed by atoms with van der Waals surface area (Å²) < 4.78 is 10.6. The molecule has 0 bridgehead atoms. The van der Waals surface area contributed by atoms with E-state index in [1.54, 1.807) is 31.6 Å². The topological polar surface area (TPSA) is 68.1 Å². The quantitative estimate of drug-likeness (QED) is 0.858. The number of hydrogen-bond acceptors (Lipinski definition) is 3. The predicted octanol–water partition coefficient (Wildman–Crippen LogP) is 2.59. The molecule has 0 aliphatic rings. The van der Waals surface area contributed by atoms with Gasteiger partial charge in [0.05, 0.1) is 19.1 Å². The summed E-state index contributed by atoms with van der Waals surface area (Å²) in [6.07, 6.45) is 1.63. The molecule has 6 heteroatoms. The van der Waals surface area contributed by atoms with Crippen LogP contribution in [0.2, 0.25) is 5.02 Å². The highest BCUT2D eigenvalue weighted by atomic mass is 35.5. The van der Waals surface area contributed by atoms with Crippen molar-refractivity contribution in [2.24, 2.45) is 0 Å². The van der Waals surface area contributed by atoms with E-state index in [-0.39, 0.29) is 18.0 Å². The van der Waals surface area contributed by atoms with Crippen LogP contribution in [0.25, 0.3) is 0 Å². The van der Waals surface area contributed by atoms with Crippen molar-refractivity contribution in [3.8, 4) is 5.75 Å². The number of methoxy groups -OCH3 is 1. The smallest absolute Gasteiger partial charge is 0.282 e. The summed E-state index contributed by atoms with van der Waals surface area (Å²) in [7, 11) is 1.55. The Labute approximate surface area is 134 Å². The Hall–Kier alpha value is -1.98. The first-order chi connectivity index (χ1) is 10.5. The molecule has 0 unspecified atom stereocenters. The van der Waals surface area contributed by atoms with Crippen LogP contribution in [-0.2, 0) is 4.79 Å². The number of ether oxygens (including phenoxy) is 1. The molecule has 0 radical (unpaired) electrons. The minimum Gasteiger partial charge on any atom is -0.495 e. The normalized spacial score (nSPS) is 13.5. The Balaban J connectivity index is 2.01. The fourth-order valence-electron chi connectivity index (χ4n) is 2.19. The number of halogens is 1. The van der Waals surface area contributed by atoms with E-state index < -0.39 is 0 Å². The second-order valence-electron chi connectivity index (χ2n) is 5.12. The maximum atomic E-state index is 12.3. The Morgan fingerprint density at radius 1 is 1.36 bits per heavy atom. The number of carbonyl (C=O) groups excluding carboxylic acids is 1. The molecule has 2 rings (SSSR count). The number of nitrogens with one attached hydrogen (secondary N) is 1. The van der Waals surface area contributed by atoms with Crippen LogP contribution in [0.3, 0.4) is 0 Å². The highest BCUT2D eigenvalue weighted by molar-refractivity contribution is 6.31. The Morgan fingerprint density at radius 3 is 2.77 bits per heavy atom. The summed E-state index contributed by atoms with van der Waals surface area (Å²) in [6.45, 7) is 3.83. The van der Waals surface area contributed by atoms with E-state index in [9.17, 15) is 4.79 Å². The van der Waals surface area contributed by atoms with Crippen molar-refractivity contribution in [3.63, 3.8) is 0 Å². The Kier molecular flexibility index (Phi) is 5.46. The minimum atomic E-state index is -0.288. The second-order valence-corrected chi connectivity index (χ2v) is 5.56. The third kappa shape index (κ3) is 4.02. The maximum absolute atomic E-state index is 12.3. The van der Waals surface area contributed by atoms with Gasteiger partial charge in [-0.2, -0.15) is 0 Å². The summed E-state index contributed by atoms with van der Waals surface area (Å²) >= 11 is 5.96. The molecule has 0 saturated heterocycles. The van der Waals surface area contributed by atoms with Crippen LogP contribution < -0.4 is 15.4 Å². The van der Waals surface area contributed by atoms with E-state index in [1.807, 2.05) is 31.3 Å². The molecule has 1 amide bonds. The van der Waals surface area contributed by atoms with E-state index in [4.69, 9.17) is 20.8 Å². The lowest BCUT2D eigenvalue weighted by atomic mass is 10.2. The molecule has 2 atom stereocenters. The first kappa shape index (κ1) is 16.4. The van der Waals surface area contributed by atoms with Gasteiger partial charge in [-0.25, -0.2) is 0 Å². The zero-order chi connectivity index (χ0) is 16.1. The van der Waals surface area contributed by atoms with Crippen molar-refractivity contribution in [2.45, 2.75) is 25.9 Å². The number of benzene rings is 1. The van der Waals surface area contributed by atoms with Gasteiger partial charge < -0.3 is 19.8 Å². The molecule has 3 N–H and O–H groups in total. The third-order valence-electron chi connectivity index (χ3n) is 3.40. The van der Waals surface area contributed by atoms with Gasteiger partial charge in [0.25, 0.3) is 5.91 Å². The first-order valence-electron chi connectivity index (χ1n) is 7.04. The largest absolute Gasteiger partial charge is 0.495 e. The summed E-state index contributed by atoms with van der Waals surface area (Å²) in [6, 6.07) is 8.59. The van der Waals surface area contributed by atoms with Crippen LogP contribution >= 0.6 is 11.6 Å². The minimum absolute atomic E-state index is 0.0528. The Morgan fingerprint density at radius 2 is 2.14 bits per heavy atom. The van der Waals surface area contributed by atoms with E-state index in [1.165, 1.54) is 0 Å². The lowest BCUT2D eigenvalue weighted by molar-refractivity contribution is -0.711. The number of hydrogen-bond donors (Lipinski definition) is 2. The molecule has 1 aromatic heterocycles. The summed E-state index contributed by atoms with van der Waals surface area (Å²) in [5.74, 6) is 1.28. The number of carbonyl (C=O) groups is 1. The number of amides is 1. The van der Waals surface area contributed by atoms with Gasteiger partial charge in [-0.1, -0.05) is 11.6 Å². The highest BCUT2D eigenvalue weighted by Gasteiger charge is 2.22. The molecular weight excluding hydrogens is 304 g/mol. The zero-order valence-electron chi connectivity index (χ0n) is 12.8. The Bertz CT molecular complexity index is 628.